The molecule has 0 saturated heterocycles. The lowest BCUT2D eigenvalue weighted by Gasteiger charge is -2.18. The Kier molecular flexibility index (Phi) is 35.0. The maximum Gasteiger partial charge on any atom is 0.306 e. The van der Waals surface area contributed by atoms with Gasteiger partial charge in [-0.15, -0.1) is 0 Å². The highest BCUT2D eigenvalue weighted by Gasteiger charge is 2.18. The SMILES string of the molecule is CCCCCCCCCCCCCCCCCC(=O)OC[C@@H](COCc1ccccc1)OC(=O)CCCCCCCCCCCCCCCCC. The minimum Gasteiger partial charge on any atom is -0.462 e. The topological polar surface area (TPSA) is 61.8 Å². The first kappa shape index (κ1) is 47.1. The second kappa shape index (κ2) is 37.9. The molecule has 51 heavy (non-hydrogen) atoms. The maximum absolute atomic E-state index is 12.7. The molecule has 5 nitrogen and oxygen atoms in total. The Morgan fingerprint density at radius 1 is 0.451 bits per heavy atom. The van der Waals surface area contributed by atoms with E-state index in [0.29, 0.717) is 19.4 Å². The number of rotatable bonds is 39. The lowest BCUT2D eigenvalue weighted by Crippen LogP contribution is -2.29. The summed E-state index contributed by atoms with van der Waals surface area (Å²) >= 11 is 0. The van der Waals surface area contributed by atoms with Gasteiger partial charge in [0.15, 0.2) is 6.10 Å². The molecular formula is C46H82O5. The summed E-state index contributed by atoms with van der Waals surface area (Å²) < 4.78 is 17.2. The number of unbranched alkanes of at least 4 members (excludes halogenated alkanes) is 28. The fraction of sp³-hybridized carbons (Fsp3) is 0.826. The van der Waals surface area contributed by atoms with Crippen LogP contribution in [-0.2, 0) is 30.4 Å². The van der Waals surface area contributed by atoms with Crippen LogP contribution in [0.15, 0.2) is 30.3 Å². The molecule has 0 heterocycles. The Morgan fingerprint density at radius 2 is 0.804 bits per heavy atom. The molecule has 5 heteroatoms. The number of ether oxygens (including phenoxy) is 3. The van der Waals surface area contributed by atoms with Gasteiger partial charge in [-0.1, -0.05) is 224 Å². The van der Waals surface area contributed by atoms with Gasteiger partial charge in [-0.2, -0.15) is 0 Å². The van der Waals surface area contributed by atoms with E-state index in [-0.39, 0.29) is 25.2 Å². The molecule has 1 aromatic carbocycles. The van der Waals surface area contributed by atoms with Gasteiger partial charge in [0.25, 0.3) is 0 Å². The molecule has 0 fully saturated rings. The van der Waals surface area contributed by atoms with E-state index in [4.69, 9.17) is 14.2 Å². The lowest BCUT2D eigenvalue weighted by molar-refractivity contribution is -0.163. The summed E-state index contributed by atoms with van der Waals surface area (Å²) in [6.45, 7) is 5.25. The van der Waals surface area contributed by atoms with Crippen molar-refractivity contribution in [3.8, 4) is 0 Å². The average Bonchev–Trinajstić information content (AvgIpc) is 3.14. The summed E-state index contributed by atoms with van der Waals surface area (Å²) in [6, 6.07) is 9.95. The van der Waals surface area contributed by atoms with Crippen molar-refractivity contribution in [1.82, 2.24) is 0 Å². The third-order valence-corrected chi connectivity index (χ3v) is 10.1. The van der Waals surface area contributed by atoms with Gasteiger partial charge in [-0.25, -0.2) is 0 Å². The van der Waals surface area contributed by atoms with Gasteiger partial charge in [-0.3, -0.25) is 9.59 Å². The molecule has 0 N–H and O–H groups in total. The molecule has 0 aromatic heterocycles. The highest BCUT2D eigenvalue weighted by molar-refractivity contribution is 5.70. The molecule has 0 bridgehead atoms. The predicted molar refractivity (Wildman–Crippen MR) is 216 cm³/mol. The van der Waals surface area contributed by atoms with Gasteiger partial charge in [0.05, 0.1) is 13.2 Å². The first-order chi connectivity index (χ1) is 25.2. The summed E-state index contributed by atoms with van der Waals surface area (Å²) in [5, 5.41) is 0. The van der Waals surface area contributed by atoms with Crippen LogP contribution in [0.2, 0.25) is 0 Å². The predicted octanol–water partition coefficient (Wildman–Crippen LogP) is 14.2. The monoisotopic (exact) mass is 715 g/mol. The van der Waals surface area contributed by atoms with E-state index in [9.17, 15) is 9.59 Å². The molecule has 0 spiro atoms. The van der Waals surface area contributed by atoms with Crippen LogP contribution in [0, 0.1) is 0 Å². The normalized spacial score (nSPS) is 11.9. The summed E-state index contributed by atoms with van der Waals surface area (Å²) in [4.78, 5) is 25.2. The van der Waals surface area contributed by atoms with Crippen molar-refractivity contribution >= 4 is 11.9 Å². The molecule has 0 saturated carbocycles. The average molecular weight is 715 g/mol. The third-order valence-electron chi connectivity index (χ3n) is 10.1. The van der Waals surface area contributed by atoms with Crippen molar-refractivity contribution in [3.05, 3.63) is 35.9 Å². The van der Waals surface area contributed by atoms with Gasteiger partial charge in [-0.05, 0) is 18.4 Å². The van der Waals surface area contributed by atoms with Crippen molar-refractivity contribution in [2.24, 2.45) is 0 Å². The van der Waals surface area contributed by atoms with Crippen LogP contribution in [-0.4, -0.2) is 31.3 Å². The van der Waals surface area contributed by atoms with E-state index in [0.717, 1.165) is 31.2 Å². The van der Waals surface area contributed by atoms with E-state index in [1.807, 2.05) is 30.3 Å². The van der Waals surface area contributed by atoms with Gasteiger partial charge < -0.3 is 14.2 Å². The van der Waals surface area contributed by atoms with E-state index >= 15 is 0 Å². The largest absolute Gasteiger partial charge is 0.462 e. The summed E-state index contributed by atoms with van der Waals surface area (Å²) in [6.07, 6.45) is 39.2. The minimum absolute atomic E-state index is 0.0525. The van der Waals surface area contributed by atoms with Crippen LogP contribution in [0.25, 0.3) is 0 Å². The Hall–Kier alpha value is -1.88. The number of carbonyl (C=O) groups excluding carboxylic acids is 2. The second-order valence-corrected chi connectivity index (χ2v) is 15.2. The van der Waals surface area contributed by atoms with E-state index in [2.05, 4.69) is 13.8 Å². The van der Waals surface area contributed by atoms with E-state index < -0.39 is 6.10 Å². The van der Waals surface area contributed by atoms with Crippen molar-refractivity contribution in [3.63, 3.8) is 0 Å². The Bertz CT molecular complexity index is 872. The molecule has 0 aliphatic heterocycles. The van der Waals surface area contributed by atoms with Crippen LogP contribution >= 0.6 is 0 Å². The van der Waals surface area contributed by atoms with Crippen molar-refractivity contribution in [2.75, 3.05) is 13.2 Å². The third kappa shape index (κ3) is 33.7. The van der Waals surface area contributed by atoms with Crippen molar-refractivity contribution in [2.45, 2.75) is 232 Å². The molecule has 0 amide bonds. The molecule has 1 rings (SSSR count). The van der Waals surface area contributed by atoms with E-state index in [1.54, 1.807) is 0 Å². The Morgan fingerprint density at radius 3 is 1.20 bits per heavy atom. The fourth-order valence-electron chi connectivity index (χ4n) is 6.78. The number of benzene rings is 1. The number of hydrogen-bond donors (Lipinski definition) is 0. The molecule has 0 aliphatic rings. The van der Waals surface area contributed by atoms with Gasteiger partial charge >= 0.3 is 11.9 Å². The van der Waals surface area contributed by atoms with Crippen LogP contribution in [0.1, 0.15) is 225 Å². The Balaban J connectivity index is 2.13. The smallest absolute Gasteiger partial charge is 0.306 e. The molecule has 0 unspecified atom stereocenters. The van der Waals surface area contributed by atoms with Crippen molar-refractivity contribution in [1.29, 1.82) is 0 Å². The molecule has 0 aliphatic carbocycles. The standard InChI is InChI=1S/C46H82O5/c1-3-5-7-9-11-13-15-17-19-21-23-25-27-29-34-38-45(47)50-42-44(41-49-40-43-36-32-31-33-37-43)51-46(48)39-35-30-28-26-24-22-20-18-16-14-12-10-8-6-4-2/h31-33,36-37,44H,3-30,34-35,38-42H2,1-2H3/t44-/m1/s1. The maximum atomic E-state index is 12.7. The van der Waals surface area contributed by atoms with Crippen molar-refractivity contribution < 1.29 is 23.8 Å². The number of carbonyl (C=O) groups is 2. The highest BCUT2D eigenvalue weighted by atomic mass is 16.6. The quantitative estimate of drug-likeness (QED) is 0.0502. The van der Waals surface area contributed by atoms with Crippen LogP contribution in [0.3, 0.4) is 0 Å². The molecular weight excluding hydrogens is 633 g/mol. The highest BCUT2D eigenvalue weighted by Crippen LogP contribution is 2.16. The van der Waals surface area contributed by atoms with Gasteiger partial charge in [0, 0.05) is 12.8 Å². The molecule has 296 valence electrons. The zero-order chi connectivity index (χ0) is 36.7. The van der Waals surface area contributed by atoms with Crippen LogP contribution < -0.4 is 0 Å². The van der Waals surface area contributed by atoms with Gasteiger partial charge in [0.2, 0.25) is 0 Å². The summed E-state index contributed by atoms with van der Waals surface area (Å²) in [5.74, 6) is -0.437. The van der Waals surface area contributed by atoms with E-state index in [1.165, 1.54) is 167 Å². The summed E-state index contributed by atoms with van der Waals surface area (Å²) in [5.41, 5.74) is 1.06. The molecule has 1 atom stereocenters. The van der Waals surface area contributed by atoms with Crippen LogP contribution in [0.5, 0.6) is 0 Å². The fourth-order valence-corrected chi connectivity index (χ4v) is 6.78. The number of esters is 2. The second-order valence-electron chi connectivity index (χ2n) is 15.2. The molecule has 0 radical (unpaired) electrons. The lowest BCUT2D eigenvalue weighted by atomic mass is 10.0. The zero-order valence-electron chi connectivity index (χ0n) is 33.8. The Labute approximate surface area is 316 Å². The van der Waals surface area contributed by atoms with Crippen LogP contribution in [0.4, 0.5) is 0 Å². The molecule has 1 aromatic rings. The summed E-state index contributed by atoms with van der Waals surface area (Å²) in [7, 11) is 0. The van der Waals surface area contributed by atoms with Gasteiger partial charge in [0.1, 0.15) is 6.61 Å². The minimum atomic E-state index is -0.581. The number of hydrogen-bond acceptors (Lipinski definition) is 5. The first-order valence-electron chi connectivity index (χ1n) is 22.1. The zero-order valence-corrected chi connectivity index (χ0v) is 33.8. The first-order valence-corrected chi connectivity index (χ1v) is 22.1.